The van der Waals surface area contributed by atoms with Crippen LogP contribution in [0.1, 0.15) is 12.5 Å². The molecule has 1 rings (SSSR count). The summed E-state index contributed by atoms with van der Waals surface area (Å²) in [6.07, 6.45) is -2.17. The van der Waals surface area contributed by atoms with E-state index in [1.807, 2.05) is 0 Å². The smallest absolute Gasteiger partial charge is 0.328 e. The van der Waals surface area contributed by atoms with Crippen molar-refractivity contribution in [2.75, 3.05) is 0 Å². The van der Waals surface area contributed by atoms with Crippen LogP contribution in [0.25, 0.3) is 0 Å². The standard InChI is InChI=1S/C7H7F2N3O4/c8-6(9)1-5(7(13)14)11-3-4(2-10-11)12(15)16/h2-3,5-6H,1H2,(H,13,14). The highest BCUT2D eigenvalue weighted by Crippen LogP contribution is 2.19. The summed E-state index contributed by atoms with van der Waals surface area (Å²) in [5.41, 5.74) is -0.444. The predicted octanol–water partition coefficient (Wildman–Crippen LogP) is 1.07. The average Bonchev–Trinajstić information content (AvgIpc) is 2.61. The fourth-order valence-electron chi connectivity index (χ4n) is 1.08. The van der Waals surface area contributed by atoms with Crippen molar-refractivity contribution >= 4 is 11.7 Å². The fourth-order valence-corrected chi connectivity index (χ4v) is 1.08. The summed E-state index contributed by atoms with van der Waals surface area (Å²) < 4.78 is 24.8. The van der Waals surface area contributed by atoms with Crippen LogP contribution in [-0.2, 0) is 4.79 Å². The summed E-state index contributed by atoms with van der Waals surface area (Å²) >= 11 is 0. The van der Waals surface area contributed by atoms with Gasteiger partial charge in [0.05, 0.1) is 4.92 Å². The van der Waals surface area contributed by atoms with Gasteiger partial charge < -0.3 is 5.11 Å². The second kappa shape index (κ2) is 4.64. The maximum atomic E-state index is 12.1. The molecule has 0 amide bonds. The number of carboxylic acids is 1. The van der Waals surface area contributed by atoms with E-state index in [1.54, 1.807) is 0 Å². The lowest BCUT2D eigenvalue weighted by Crippen LogP contribution is -2.22. The second-order valence-corrected chi connectivity index (χ2v) is 2.92. The van der Waals surface area contributed by atoms with Crippen LogP contribution in [0.15, 0.2) is 12.4 Å². The molecule has 1 aromatic rings. The first kappa shape index (κ1) is 12.0. The molecule has 0 aliphatic carbocycles. The minimum atomic E-state index is -2.83. The Bertz CT molecular complexity index is 406. The van der Waals surface area contributed by atoms with E-state index < -0.39 is 35.5 Å². The lowest BCUT2D eigenvalue weighted by Gasteiger charge is -2.11. The summed E-state index contributed by atoms with van der Waals surface area (Å²) in [6.45, 7) is 0. The van der Waals surface area contributed by atoms with Gasteiger partial charge in [-0.2, -0.15) is 5.10 Å². The number of nitro groups is 1. The van der Waals surface area contributed by atoms with E-state index in [2.05, 4.69) is 5.10 Å². The summed E-state index contributed by atoms with van der Waals surface area (Å²) in [5, 5.41) is 22.3. The van der Waals surface area contributed by atoms with Crippen molar-refractivity contribution in [3.8, 4) is 0 Å². The van der Waals surface area contributed by atoms with Crippen LogP contribution in [-0.4, -0.2) is 32.2 Å². The van der Waals surface area contributed by atoms with Gasteiger partial charge in [0, 0.05) is 6.42 Å². The van der Waals surface area contributed by atoms with Crippen LogP contribution in [0.3, 0.4) is 0 Å². The monoisotopic (exact) mass is 235 g/mol. The number of nitrogens with zero attached hydrogens (tertiary/aromatic N) is 3. The lowest BCUT2D eigenvalue weighted by atomic mass is 10.2. The van der Waals surface area contributed by atoms with Crippen LogP contribution in [0.5, 0.6) is 0 Å². The van der Waals surface area contributed by atoms with Gasteiger partial charge >= 0.3 is 11.7 Å². The van der Waals surface area contributed by atoms with Crippen molar-refractivity contribution in [1.29, 1.82) is 0 Å². The van der Waals surface area contributed by atoms with Crippen LogP contribution in [0.4, 0.5) is 14.5 Å². The van der Waals surface area contributed by atoms with E-state index in [0.29, 0.717) is 4.68 Å². The Balaban J connectivity index is 2.93. The van der Waals surface area contributed by atoms with E-state index in [-0.39, 0.29) is 0 Å². The van der Waals surface area contributed by atoms with Crippen molar-refractivity contribution < 1.29 is 23.6 Å². The van der Waals surface area contributed by atoms with Gasteiger partial charge in [-0.05, 0) is 0 Å². The van der Waals surface area contributed by atoms with E-state index in [4.69, 9.17) is 5.11 Å². The van der Waals surface area contributed by atoms with E-state index >= 15 is 0 Å². The summed E-state index contributed by atoms with van der Waals surface area (Å²) in [7, 11) is 0. The van der Waals surface area contributed by atoms with Gasteiger partial charge in [-0.25, -0.2) is 13.6 Å². The van der Waals surface area contributed by atoms with Crippen LogP contribution in [0.2, 0.25) is 0 Å². The largest absolute Gasteiger partial charge is 0.480 e. The number of carboxylic acid groups (broad SMARTS) is 1. The molecule has 0 fully saturated rings. The quantitative estimate of drug-likeness (QED) is 0.608. The van der Waals surface area contributed by atoms with Gasteiger partial charge in [0.25, 0.3) is 0 Å². The average molecular weight is 235 g/mol. The minimum absolute atomic E-state index is 0.444. The molecule has 1 unspecified atom stereocenters. The molecule has 7 nitrogen and oxygen atoms in total. The van der Waals surface area contributed by atoms with Crippen LogP contribution in [0, 0.1) is 10.1 Å². The molecule has 0 aliphatic heterocycles. The molecular weight excluding hydrogens is 228 g/mol. The zero-order valence-corrected chi connectivity index (χ0v) is 7.79. The Hall–Kier alpha value is -2.06. The number of carbonyl (C=O) groups is 1. The molecule has 1 aromatic heterocycles. The Kier molecular flexibility index (Phi) is 3.48. The lowest BCUT2D eigenvalue weighted by molar-refractivity contribution is -0.385. The van der Waals surface area contributed by atoms with E-state index in [0.717, 1.165) is 12.4 Å². The molecule has 0 spiro atoms. The Morgan fingerprint density at radius 3 is 2.69 bits per heavy atom. The molecule has 16 heavy (non-hydrogen) atoms. The number of alkyl halides is 2. The zero-order chi connectivity index (χ0) is 12.3. The Morgan fingerprint density at radius 1 is 1.69 bits per heavy atom. The highest BCUT2D eigenvalue weighted by molar-refractivity contribution is 5.71. The third-order valence-corrected chi connectivity index (χ3v) is 1.80. The molecule has 9 heteroatoms. The normalized spacial score (nSPS) is 12.7. The SMILES string of the molecule is O=C(O)C(CC(F)F)n1cc([N+](=O)[O-])cn1. The highest BCUT2D eigenvalue weighted by Gasteiger charge is 2.26. The fraction of sp³-hybridized carbons (Fsp3) is 0.429. The summed E-state index contributed by atoms with van der Waals surface area (Å²) in [4.78, 5) is 20.1. The van der Waals surface area contributed by atoms with Gasteiger partial charge in [0.15, 0.2) is 6.04 Å². The van der Waals surface area contributed by atoms with Gasteiger partial charge in [-0.3, -0.25) is 14.8 Å². The molecule has 0 saturated carbocycles. The maximum Gasteiger partial charge on any atom is 0.328 e. The van der Waals surface area contributed by atoms with E-state index in [1.165, 1.54) is 0 Å². The van der Waals surface area contributed by atoms with E-state index in [9.17, 15) is 23.7 Å². The van der Waals surface area contributed by atoms with Crippen molar-refractivity contribution in [2.24, 2.45) is 0 Å². The molecule has 0 aliphatic rings. The van der Waals surface area contributed by atoms with Crippen LogP contribution >= 0.6 is 0 Å². The van der Waals surface area contributed by atoms with Gasteiger partial charge in [-0.1, -0.05) is 0 Å². The first-order valence-electron chi connectivity index (χ1n) is 4.11. The number of rotatable bonds is 5. The van der Waals surface area contributed by atoms with Crippen LogP contribution < -0.4 is 0 Å². The molecular formula is C7H7F2N3O4. The van der Waals surface area contributed by atoms with Gasteiger partial charge in [-0.15, -0.1) is 0 Å². The number of aliphatic carboxylic acids is 1. The topological polar surface area (TPSA) is 98.3 Å². The predicted molar refractivity (Wildman–Crippen MR) is 46.2 cm³/mol. The second-order valence-electron chi connectivity index (χ2n) is 2.92. The van der Waals surface area contributed by atoms with Gasteiger partial charge in [0.2, 0.25) is 6.43 Å². The molecule has 1 heterocycles. The molecule has 0 aromatic carbocycles. The van der Waals surface area contributed by atoms with Crippen molar-refractivity contribution in [3.63, 3.8) is 0 Å². The van der Waals surface area contributed by atoms with Crippen molar-refractivity contribution in [1.82, 2.24) is 9.78 Å². The minimum Gasteiger partial charge on any atom is -0.480 e. The number of hydrogen-bond donors (Lipinski definition) is 1. The highest BCUT2D eigenvalue weighted by atomic mass is 19.3. The summed E-state index contributed by atoms with van der Waals surface area (Å²) in [6, 6.07) is -1.60. The molecule has 0 saturated heterocycles. The molecule has 0 radical (unpaired) electrons. The Labute approximate surface area is 87.4 Å². The Morgan fingerprint density at radius 2 is 2.31 bits per heavy atom. The first-order chi connectivity index (χ1) is 7.41. The van der Waals surface area contributed by atoms with Crippen molar-refractivity contribution in [2.45, 2.75) is 18.9 Å². The maximum absolute atomic E-state index is 12.1. The summed E-state index contributed by atoms with van der Waals surface area (Å²) in [5.74, 6) is -1.52. The zero-order valence-electron chi connectivity index (χ0n) is 7.79. The number of halogens is 2. The first-order valence-corrected chi connectivity index (χ1v) is 4.11. The molecule has 0 bridgehead atoms. The molecule has 88 valence electrons. The molecule has 1 N–H and O–H groups in total. The number of hydrogen-bond acceptors (Lipinski definition) is 4. The van der Waals surface area contributed by atoms with Gasteiger partial charge in [0.1, 0.15) is 12.4 Å². The third kappa shape index (κ3) is 2.72. The molecule has 1 atom stereocenters. The third-order valence-electron chi connectivity index (χ3n) is 1.80. The van der Waals surface area contributed by atoms with Crippen molar-refractivity contribution in [3.05, 3.63) is 22.5 Å². The number of aromatic nitrogens is 2.